The number of morpholine rings is 1. The first-order valence-electron chi connectivity index (χ1n) is 12.3. The molecule has 4 heterocycles. The molecule has 204 valence electrons. The number of alkyl halides is 3. The Morgan fingerprint density at radius 1 is 1.10 bits per heavy atom. The van der Waals surface area contributed by atoms with Gasteiger partial charge in [0.2, 0.25) is 11.8 Å². The van der Waals surface area contributed by atoms with Crippen molar-refractivity contribution in [3.05, 3.63) is 63.2 Å². The maximum absolute atomic E-state index is 15.0. The molecular weight excluding hydrogens is 542 g/mol. The Morgan fingerprint density at radius 3 is 2.56 bits per heavy atom. The summed E-state index contributed by atoms with van der Waals surface area (Å²) in [5, 5.41) is 4.52. The van der Waals surface area contributed by atoms with E-state index in [1.165, 1.54) is 12.1 Å². The van der Waals surface area contributed by atoms with E-state index in [1.54, 1.807) is 11.1 Å². The van der Waals surface area contributed by atoms with Crippen molar-refractivity contribution in [2.75, 3.05) is 18.0 Å². The Balaban J connectivity index is 1.50. The molecule has 39 heavy (non-hydrogen) atoms. The second-order valence-corrected chi connectivity index (χ2v) is 10.3. The molecule has 3 aromatic heterocycles. The highest BCUT2D eigenvalue weighted by molar-refractivity contribution is 6.30. The Hall–Kier alpha value is -3.58. The van der Waals surface area contributed by atoms with E-state index in [0.29, 0.717) is 17.2 Å². The molecule has 1 aliphatic heterocycles. The van der Waals surface area contributed by atoms with Crippen LogP contribution in [0.4, 0.5) is 23.5 Å². The molecule has 1 saturated carbocycles. The SMILES string of the molecule is C[C@@H]1CN(c2nc(-c3ccc(Cl)cc3F)c3nc(C(F)(F)F)n(C)c(=O)c3n2)C[C@H](c2cnn(C3CC3)c2)O1. The standard InChI is InChI=1S/C25H22ClF4N7O2/c1-12-9-36(11-18(39-12)13-8-31-37(10-13)15-4-5-15)24-33-19(16-6-3-14(26)7-17(16)27)20-21(34-24)22(38)35(2)23(32-20)25(28,29)30/h3,6-8,10,12,15,18H,4-5,9,11H2,1-2H3/t12-,18-/m1/s1. The summed E-state index contributed by atoms with van der Waals surface area (Å²) in [6.07, 6.45) is 0.210. The average Bonchev–Trinajstić information content (AvgIpc) is 3.61. The van der Waals surface area contributed by atoms with E-state index in [-0.39, 0.29) is 40.4 Å². The van der Waals surface area contributed by atoms with Gasteiger partial charge in [-0.3, -0.25) is 14.0 Å². The van der Waals surface area contributed by atoms with Gasteiger partial charge in [0.15, 0.2) is 5.52 Å². The van der Waals surface area contributed by atoms with Gasteiger partial charge in [-0.15, -0.1) is 0 Å². The Morgan fingerprint density at radius 2 is 1.87 bits per heavy atom. The van der Waals surface area contributed by atoms with Crippen molar-refractivity contribution >= 4 is 28.6 Å². The number of ether oxygens (including phenoxy) is 1. The maximum Gasteiger partial charge on any atom is 0.449 e. The first-order valence-corrected chi connectivity index (χ1v) is 12.6. The van der Waals surface area contributed by atoms with Crippen LogP contribution in [0.25, 0.3) is 22.3 Å². The average molecular weight is 564 g/mol. The van der Waals surface area contributed by atoms with Crippen LogP contribution in [0.5, 0.6) is 0 Å². The molecule has 9 nitrogen and oxygen atoms in total. The highest BCUT2D eigenvalue weighted by atomic mass is 35.5. The van der Waals surface area contributed by atoms with Crippen LogP contribution in [-0.4, -0.2) is 48.5 Å². The van der Waals surface area contributed by atoms with E-state index in [1.807, 2.05) is 17.8 Å². The number of anilines is 1. The van der Waals surface area contributed by atoms with Crippen molar-refractivity contribution in [3.8, 4) is 11.3 Å². The second kappa shape index (κ2) is 9.26. The third kappa shape index (κ3) is 4.73. The summed E-state index contributed by atoms with van der Waals surface area (Å²) in [5.74, 6) is -2.23. The van der Waals surface area contributed by atoms with Crippen molar-refractivity contribution in [2.24, 2.45) is 7.05 Å². The number of rotatable bonds is 4. The monoisotopic (exact) mass is 563 g/mol. The van der Waals surface area contributed by atoms with E-state index in [0.717, 1.165) is 31.5 Å². The molecule has 1 saturated heterocycles. The summed E-state index contributed by atoms with van der Waals surface area (Å²) >= 11 is 5.90. The van der Waals surface area contributed by atoms with Gasteiger partial charge in [0, 0.05) is 35.9 Å². The lowest BCUT2D eigenvalue weighted by Gasteiger charge is -2.36. The van der Waals surface area contributed by atoms with Gasteiger partial charge >= 0.3 is 6.18 Å². The minimum Gasteiger partial charge on any atom is -0.367 e. The molecule has 1 aromatic carbocycles. The third-order valence-electron chi connectivity index (χ3n) is 6.81. The van der Waals surface area contributed by atoms with Crippen molar-refractivity contribution < 1.29 is 22.3 Å². The first-order chi connectivity index (χ1) is 18.5. The van der Waals surface area contributed by atoms with Gasteiger partial charge in [0.1, 0.15) is 23.1 Å². The largest absolute Gasteiger partial charge is 0.449 e. The molecule has 6 rings (SSSR count). The van der Waals surface area contributed by atoms with Crippen molar-refractivity contribution in [3.63, 3.8) is 0 Å². The molecule has 0 unspecified atom stereocenters. The molecule has 1 aliphatic carbocycles. The normalized spacial score (nSPS) is 20.1. The zero-order valence-corrected chi connectivity index (χ0v) is 21.5. The smallest absolute Gasteiger partial charge is 0.367 e. The molecule has 0 amide bonds. The molecule has 4 aromatic rings. The summed E-state index contributed by atoms with van der Waals surface area (Å²) in [5.41, 5.74) is -1.41. The van der Waals surface area contributed by atoms with Gasteiger partial charge in [-0.1, -0.05) is 11.6 Å². The van der Waals surface area contributed by atoms with E-state index in [4.69, 9.17) is 16.3 Å². The van der Waals surface area contributed by atoms with Crippen molar-refractivity contribution in [1.29, 1.82) is 0 Å². The predicted octanol–water partition coefficient (Wildman–Crippen LogP) is 4.70. The molecule has 0 N–H and O–H groups in total. The fourth-order valence-electron chi connectivity index (χ4n) is 4.75. The van der Waals surface area contributed by atoms with Gasteiger partial charge < -0.3 is 9.64 Å². The van der Waals surface area contributed by atoms with E-state index in [9.17, 15) is 18.0 Å². The number of halogens is 5. The molecule has 14 heteroatoms. The zero-order valence-electron chi connectivity index (χ0n) is 20.8. The van der Waals surface area contributed by atoms with Gasteiger partial charge in [-0.2, -0.15) is 18.3 Å². The number of nitrogens with zero attached hydrogens (tertiary/aromatic N) is 7. The Bertz CT molecular complexity index is 1650. The van der Waals surface area contributed by atoms with Crippen molar-refractivity contribution in [2.45, 2.75) is 44.2 Å². The van der Waals surface area contributed by atoms with Gasteiger partial charge in [0.05, 0.1) is 24.9 Å². The van der Waals surface area contributed by atoms with Gasteiger partial charge in [-0.05, 0) is 38.0 Å². The minimum atomic E-state index is -4.94. The molecule has 2 fully saturated rings. The summed E-state index contributed by atoms with van der Waals surface area (Å²) in [4.78, 5) is 27.4. The van der Waals surface area contributed by atoms with E-state index >= 15 is 4.39 Å². The Labute approximate surface area is 224 Å². The lowest BCUT2D eigenvalue weighted by atomic mass is 10.1. The van der Waals surface area contributed by atoms with Gasteiger partial charge in [0.25, 0.3) is 5.56 Å². The highest BCUT2D eigenvalue weighted by Crippen LogP contribution is 2.37. The van der Waals surface area contributed by atoms with Crippen LogP contribution in [0.15, 0.2) is 35.4 Å². The summed E-state index contributed by atoms with van der Waals surface area (Å²) in [6.45, 7) is 2.47. The van der Waals surface area contributed by atoms with Crippen LogP contribution in [0.3, 0.4) is 0 Å². The zero-order chi connectivity index (χ0) is 27.6. The van der Waals surface area contributed by atoms with Crippen molar-refractivity contribution in [1.82, 2.24) is 29.3 Å². The topological polar surface area (TPSA) is 91.0 Å². The van der Waals surface area contributed by atoms with E-state index in [2.05, 4.69) is 20.1 Å². The molecule has 2 aliphatic rings. The molecule has 0 radical (unpaired) electrons. The van der Waals surface area contributed by atoms with Crippen LogP contribution in [0, 0.1) is 5.82 Å². The number of hydrogen-bond donors (Lipinski definition) is 0. The minimum absolute atomic E-state index is 0.0419. The number of benzene rings is 1. The Kier molecular flexibility index (Phi) is 6.10. The molecular formula is C25H22ClF4N7O2. The first kappa shape index (κ1) is 25.7. The molecule has 0 spiro atoms. The fourth-order valence-corrected chi connectivity index (χ4v) is 4.91. The third-order valence-corrected chi connectivity index (χ3v) is 7.05. The summed E-state index contributed by atoms with van der Waals surface area (Å²) in [7, 11) is 0.965. The van der Waals surface area contributed by atoms with Crippen LogP contribution in [0.2, 0.25) is 5.02 Å². The number of aromatic nitrogens is 6. The lowest BCUT2D eigenvalue weighted by molar-refractivity contribution is -0.147. The van der Waals surface area contributed by atoms with Gasteiger partial charge in [-0.25, -0.2) is 19.3 Å². The lowest BCUT2D eigenvalue weighted by Crippen LogP contribution is -2.44. The summed E-state index contributed by atoms with van der Waals surface area (Å²) in [6, 6.07) is 4.07. The van der Waals surface area contributed by atoms with Crippen LogP contribution >= 0.6 is 11.6 Å². The van der Waals surface area contributed by atoms with E-state index < -0.39 is 35.0 Å². The highest BCUT2D eigenvalue weighted by Gasteiger charge is 2.38. The molecule has 2 atom stereocenters. The molecule has 0 bridgehead atoms. The fraction of sp³-hybridized carbons (Fsp3) is 0.400. The predicted molar refractivity (Wildman–Crippen MR) is 134 cm³/mol. The van der Waals surface area contributed by atoms with Crippen LogP contribution in [0.1, 0.15) is 43.3 Å². The maximum atomic E-state index is 15.0. The summed E-state index contributed by atoms with van der Waals surface area (Å²) < 4.78 is 64.6. The number of hydrogen-bond acceptors (Lipinski definition) is 7. The second-order valence-electron chi connectivity index (χ2n) is 9.82. The van der Waals surface area contributed by atoms with Crippen LogP contribution in [-0.2, 0) is 18.0 Å². The number of fused-ring (bicyclic) bond motifs is 1. The quantitative estimate of drug-likeness (QED) is 0.332. The van der Waals surface area contributed by atoms with Crippen LogP contribution < -0.4 is 10.5 Å².